The molecule has 1 N–H and O–H groups in total. The molecular formula is C14H22ClN3. The Morgan fingerprint density at radius 3 is 2.67 bits per heavy atom. The van der Waals surface area contributed by atoms with E-state index in [1.54, 1.807) is 0 Å². The predicted octanol–water partition coefficient (Wildman–Crippen LogP) is 4.07. The highest BCUT2D eigenvalue weighted by Gasteiger charge is 2.26. The summed E-state index contributed by atoms with van der Waals surface area (Å²) in [6, 6.07) is 0. The molecule has 0 atom stereocenters. The normalized spacial score (nSPS) is 18.6. The third kappa shape index (κ3) is 3.14. The lowest BCUT2D eigenvalue weighted by Crippen LogP contribution is -2.29. The molecule has 1 aromatic heterocycles. The smallest absolute Gasteiger partial charge is 0.137 e. The first-order chi connectivity index (χ1) is 8.64. The predicted molar refractivity (Wildman–Crippen MR) is 76.1 cm³/mol. The Bertz CT molecular complexity index is 400. The molecule has 1 heterocycles. The van der Waals surface area contributed by atoms with Crippen molar-refractivity contribution in [2.75, 3.05) is 11.9 Å². The van der Waals surface area contributed by atoms with Gasteiger partial charge in [0, 0.05) is 12.1 Å². The zero-order valence-corrected chi connectivity index (χ0v) is 12.1. The molecule has 4 heteroatoms. The zero-order chi connectivity index (χ0) is 13.0. The average molecular weight is 268 g/mol. The average Bonchev–Trinajstić information content (AvgIpc) is 2.37. The van der Waals surface area contributed by atoms with Crippen molar-refractivity contribution >= 4 is 17.4 Å². The molecule has 0 saturated heterocycles. The van der Waals surface area contributed by atoms with Crippen LogP contribution < -0.4 is 5.32 Å². The second kappa shape index (κ2) is 5.87. The van der Waals surface area contributed by atoms with Crippen LogP contribution in [0.3, 0.4) is 0 Å². The van der Waals surface area contributed by atoms with Crippen molar-refractivity contribution in [3.05, 3.63) is 17.0 Å². The Hall–Kier alpha value is -0.830. The Labute approximate surface area is 114 Å². The van der Waals surface area contributed by atoms with E-state index in [1.807, 2.05) is 0 Å². The Balaban J connectivity index is 2.03. The van der Waals surface area contributed by atoms with Gasteiger partial charge < -0.3 is 5.32 Å². The molecule has 0 aliphatic heterocycles. The first-order valence-electron chi connectivity index (χ1n) is 6.88. The van der Waals surface area contributed by atoms with Gasteiger partial charge in [-0.05, 0) is 24.7 Å². The van der Waals surface area contributed by atoms with Gasteiger partial charge in [-0.1, -0.05) is 44.7 Å². The quantitative estimate of drug-likeness (QED) is 0.836. The summed E-state index contributed by atoms with van der Waals surface area (Å²) in [5.74, 6) is 0.907. The molecule has 1 fully saturated rings. The molecule has 3 nitrogen and oxygen atoms in total. The van der Waals surface area contributed by atoms with E-state index in [1.165, 1.54) is 38.4 Å². The molecular weight excluding hydrogens is 246 g/mol. The van der Waals surface area contributed by atoms with Crippen molar-refractivity contribution in [2.45, 2.75) is 52.4 Å². The standard InChI is InChI=1S/C14H22ClN3/c1-3-11-12(15)17-10-18-13(11)16-9-14(2)7-5-4-6-8-14/h10H,3-9H2,1-2H3,(H,16,17,18). The molecule has 1 aliphatic carbocycles. The number of anilines is 1. The minimum Gasteiger partial charge on any atom is -0.369 e. The largest absolute Gasteiger partial charge is 0.369 e. The highest BCUT2D eigenvalue weighted by atomic mass is 35.5. The van der Waals surface area contributed by atoms with Crippen molar-refractivity contribution in [3.63, 3.8) is 0 Å². The van der Waals surface area contributed by atoms with Gasteiger partial charge in [-0.2, -0.15) is 0 Å². The molecule has 0 bridgehead atoms. The number of rotatable bonds is 4. The van der Waals surface area contributed by atoms with Gasteiger partial charge in [0.05, 0.1) is 0 Å². The molecule has 18 heavy (non-hydrogen) atoms. The van der Waals surface area contributed by atoms with Crippen molar-refractivity contribution in [1.82, 2.24) is 9.97 Å². The highest BCUT2D eigenvalue weighted by molar-refractivity contribution is 6.30. The van der Waals surface area contributed by atoms with Crippen LogP contribution in [0, 0.1) is 5.41 Å². The molecule has 2 rings (SSSR count). The van der Waals surface area contributed by atoms with Gasteiger partial charge >= 0.3 is 0 Å². The molecule has 0 unspecified atom stereocenters. The van der Waals surface area contributed by atoms with Crippen molar-refractivity contribution < 1.29 is 0 Å². The number of nitrogens with zero attached hydrogens (tertiary/aromatic N) is 2. The van der Waals surface area contributed by atoms with Crippen LogP contribution in [-0.4, -0.2) is 16.5 Å². The van der Waals surface area contributed by atoms with E-state index in [4.69, 9.17) is 11.6 Å². The number of halogens is 1. The minimum absolute atomic E-state index is 0.403. The first-order valence-corrected chi connectivity index (χ1v) is 7.26. The molecule has 1 saturated carbocycles. The molecule has 100 valence electrons. The molecule has 1 aliphatic rings. The van der Waals surface area contributed by atoms with E-state index in [2.05, 4.69) is 29.1 Å². The van der Waals surface area contributed by atoms with Crippen molar-refractivity contribution in [1.29, 1.82) is 0 Å². The fourth-order valence-electron chi connectivity index (χ4n) is 2.74. The molecule has 0 radical (unpaired) electrons. The lowest BCUT2D eigenvalue weighted by molar-refractivity contribution is 0.233. The SMILES string of the molecule is CCc1c(Cl)ncnc1NCC1(C)CCCCC1. The van der Waals surface area contributed by atoms with Crippen LogP contribution in [0.2, 0.25) is 5.15 Å². The van der Waals surface area contributed by atoms with Gasteiger partial charge in [0.1, 0.15) is 17.3 Å². The van der Waals surface area contributed by atoms with Crippen LogP contribution in [0.15, 0.2) is 6.33 Å². The fourth-order valence-corrected chi connectivity index (χ4v) is 3.00. The van der Waals surface area contributed by atoms with Crippen LogP contribution in [-0.2, 0) is 6.42 Å². The summed E-state index contributed by atoms with van der Waals surface area (Å²) in [6.45, 7) is 5.43. The summed E-state index contributed by atoms with van der Waals surface area (Å²) < 4.78 is 0. The van der Waals surface area contributed by atoms with Gasteiger partial charge in [-0.25, -0.2) is 9.97 Å². The van der Waals surface area contributed by atoms with Crippen molar-refractivity contribution in [2.24, 2.45) is 5.41 Å². The van der Waals surface area contributed by atoms with Gasteiger partial charge in [-0.15, -0.1) is 0 Å². The van der Waals surface area contributed by atoms with E-state index in [0.29, 0.717) is 10.6 Å². The molecule has 0 amide bonds. The summed E-state index contributed by atoms with van der Waals surface area (Å²) in [6.07, 6.45) is 9.09. The second-order valence-electron chi connectivity index (χ2n) is 5.57. The Morgan fingerprint density at radius 2 is 2.00 bits per heavy atom. The third-order valence-corrected chi connectivity index (χ3v) is 4.32. The van der Waals surface area contributed by atoms with E-state index < -0.39 is 0 Å². The minimum atomic E-state index is 0.403. The van der Waals surface area contributed by atoms with E-state index >= 15 is 0 Å². The first kappa shape index (κ1) is 13.6. The van der Waals surface area contributed by atoms with E-state index in [-0.39, 0.29) is 0 Å². The monoisotopic (exact) mass is 267 g/mol. The Kier molecular flexibility index (Phi) is 4.44. The van der Waals surface area contributed by atoms with Crippen LogP contribution >= 0.6 is 11.6 Å². The van der Waals surface area contributed by atoms with Crippen LogP contribution in [0.4, 0.5) is 5.82 Å². The number of hydrogen-bond donors (Lipinski definition) is 1. The summed E-state index contributed by atoms with van der Waals surface area (Å²) in [7, 11) is 0. The summed E-state index contributed by atoms with van der Waals surface area (Å²) >= 11 is 6.09. The lowest BCUT2D eigenvalue weighted by atomic mass is 9.76. The highest BCUT2D eigenvalue weighted by Crippen LogP contribution is 2.36. The van der Waals surface area contributed by atoms with E-state index in [9.17, 15) is 0 Å². The third-order valence-electron chi connectivity index (χ3n) is 3.99. The van der Waals surface area contributed by atoms with Crippen LogP contribution in [0.1, 0.15) is 51.5 Å². The van der Waals surface area contributed by atoms with Crippen LogP contribution in [0.5, 0.6) is 0 Å². The zero-order valence-electron chi connectivity index (χ0n) is 11.3. The maximum absolute atomic E-state index is 6.09. The maximum atomic E-state index is 6.09. The number of hydrogen-bond acceptors (Lipinski definition) is 3. The number of aromatic nitrogens is 2. The van der Waals surface area contributed by atoms with Gasteiger partial charge in [0.15, 0.2) is 0 Å². The summed E-state index contributed by atoms with van der Waals surface area (Å²) in [5, 5.41) is 4.05. The lowest BCUT2D eigenvalue weighted by Gasteiger charge is -2.34. The fraction of sp³-hybridized carbons (Fsp3) is 0.714. The van der Waals surface area contributed by atoms with Crippen molar-refractivity contribution in [3.8, 4) is 0 Å². The summed E-state index contributed by atoms with van der Waals surface area (Å²) in [5.41, 5.74) is 1.43. The molecule has 0 spiro atoms. The van der Waals surface area contributed by atoms with Gasteiger partial charge in [0.25, 0.3) is 0 Å². The second-order valence-corrected chi connectivity index (χ2v) is 5.93. The number of nitrogens with one attached hydrogen (secondary N) is 1. The maximum Gasteiger partial charge on any atom is 0.137 e. The molecule has 1 aromatic rings. The van der Waals surface area contributed by atoms with E-state index in [0.717, 1.165) is 24.3 Å². The topological polar surface area (TPSA) is 37.8 Å². The molecule has 0 aromatic carbocycles. The van der Waals surface area contributed by atoms with Gasteiger partial charge in [0.2, 0.25) is 0 Å². The van der Waals surface area contributed by atoms with Gasteiger partial charge in [-0.3, -0.25) is 0 Å². The Morgan fingerprint density at radius 1 is 1.28 bits per heavy atom. The summed E-state index contributed by atoms with van der Waals surface area (Å²) in [4.78, 5) is 8.36. The van der Waals surface area contributed by atoms with Crippen LogP contribution in [0.25, 0.3) is 0 Å².